The van der Waals surface area contributed by atoms with Crippen LogP contribution in [0.4, 0.5) is 0 Å². The van der Waals surface area contributed by atoms with E-state index in [0.717, 1.165) is 18.8 Å². The van der Waals surface area contributed by atoms with Crippen LogP contribution in [0, 0.1) is 6.92 Å². The summed E-state index contributed by atoms with van der Waals surface area (Å²) < 4.78 is 7.19. The summed E-state index contributed by atoms with van der Waals surface area (Å²) in [4.78, 5) is 2.32. The van der Waals surface area contributed by atoms with Gasteiger partial charge in [-0.2, -0.15) is 5.10 Å². The van der Waals surface area contributed by atoms with Crippen molar-refractivity contribution < 1.29 is 4.74 Å². The summed E-state index contributed by atoms with van der Waals surface area (Å²) in [5.74, 6) is 0.889. The van der Waals surface area contributed by atoms with E-state index in [1.165, 1.54) is 16.8 Å². The average Bonchev–Trinajstić information content (AvgIpc) is 2.88. The highest BCUT2D eigenvalue weighted by molar-refractivity contribution is 5.29. The number of ether oxygens (including phenoxy) is 1. The van der Waals surface area contributed by atoms with E-state index < -0.39 is 0 Å². The highest BCUT2D eigenvalue weighted by Gasteiger charge is 2.15. The summed E-state index contributed by atoms with van der Waals surface area (Å²) in [5.41, 5.74) is 3.73. The lowest BCUT2D eigenvalue weighted by atomic mass is 10.1. The molecule has 1 heterocycles. The molecule has 0 radical (unpaired) electrons. The zero-order chi connectivity index (χ0) is 16.1. The van der Waals surface area contributed by atoms with E-state index in [2.05, 4.69) is 49.6 Å². The summed E-state index contributed by atoms with van der Waals surface area (Å²) >= 11 is 0. The number of nitrogens with zero attached hydrogens (tertiary/aromatic N) is 3. The van der Waals surface area contributed by atoms with Gasteiger partial charge in [0.05, 0.1) is 19.9 Å². The molecule has 2 aromatic rings. The second kappa shape index (κ2) is 7.27. The van der Waals surface area contributed by atoms with Crippen molar-refractivity contribution in [1.29, 1.82) is 0 Å². The zero-order valence-corrected chi connectivity index (χ0v) is 13.9. The van der Waals surface area contributed by atoms with Crippen LogP contribution in [0.5, 0.6) is 5.75 Å². The monoisotopic (exact) mass is 299 g/mol. The number of hydrogen-bond donors (Lipinski definition) is 0. The van der Waals surface area contributed by atoms with Crippen molar-refractivity contribution in [3.8, 4) is 5.75 Å². The van der Waals surface area contributed by atoms with E-state index >= 15 is 0 Å². The number of methoxy groups -OCH3 is 1. The first-order valence-electron chi connectivity index (χ1n) is 7.53. The van der Waals surface area contributed by atoms with Crippen LogP contribution in [0.3, 0.4) is 0 Å². The molecule has 0 N–H and O–H groups in total. The number of hydrogen-bond acceptors (Lipinski definition) is 3. The van der Waals surface area contributed by atoms with E-state index in [4.69, 9.17) is 4.74 Å². The Labute approximate surface area is 133 Å². The third-order valence-electron chi connectivity index (χ3n) is 4.19. The molecule has 0 saturated carbocycles. The molecule has 0 saturated heterocycles. The number of allylic oxidation sites excluding steroid dienone is 1. The van der Waals surface area contributed by atoms with Crippen LogP contribution < -0.4 is 4.74 Å². The summed E-state index contributed by atoms with van der Waals surface area (Å²) in [5, 5.41) is 4.42. The van der Waals surface area contributed by atoms with Crippen molar-refractivity contribution in [3.05, 3.63) is 59.9 Å². The van der Waals surface area contributed by atoms with Crippen molar-refractivity contribution in [2.75, 3.05) is 14.2 Å². The van der Waals surface area contributed by atoms with Gasteiger partial charge in [-0.25, -0.2) is 0 Å². The molecular weight excluding hydrogens is 274 g/mol. The number of rotatable bonds is 7. The SMILES string of the molecule is C=CCn1ncc(CN(C)C(C)c2ccc(OC)cc2)c1C. The maximum Gasteiger partial charge on any atom is 0.118 e. The van der Waals surface area contributed by atoms with Gasteiger partial charge in [-0.3, -0.25) is 9.58 Å². The smallest absolute Gasteiger partial charge is 0.118 e. The van der Waals surface area contributed by atoms with Gasteiger partial charge in [0.2, 0.25) is 0 Å². The molecule has 0 aliphatic carbocycles. The van der Waals surface area contributed by atoms with Crippen molar-refractivity contribution in [2.45, 2.75) is 33.0 Å². The average molecular weight is 299 g/mol. The third-order valence-corrected chi connectivity index (χ3v) is 4.19. The van der Waals surface area contributed by atoms with Crippen LogP contribution in [0.15, 0.2) is 43.1 Å². The standard InChI is InChI=1S/C18H25N3O/c1-6-11-21-15(3)17(12-19-21)13-20(4)14(2)16-7-9-18(22-5)10-8-16/h6-10,12,14H,1,11,13H2,2-5H3. The van der Waals surface area contributed by atoms with Gasteiger partial charge in [-0.15, -0.1) is 6.58 Å². The Balaban J connectivity index is 2.07. The summed E-state index contributed by atoms with van der Waals surface area (Å²) in [7, 11) is 3.83. The van der Waals surface area contributed by atoms with Gasteiger partial charge in [-0.1, -0.05) is 18.2 Å². The Morgan fingerprint density at radius 3 is 2.64 bits per heavy atom. The van der Waals surface area contributed by atoms with Crippen molar-refractivity contribution in [3.63, 3.8) is 0 Å². The molecule has 1 aromatic heterocycles. The molecule has 0 amide bonds. The lowest BCUT2D eigenvalue weighted by Gasteiger charge is -2.25. The largest absolute Gasteiger partial charge is 0.497 e. The number of aromatic nitrogens is 2. The van der Waals surface area contributed by atoms with Crippen LogP contribution in [-0.4, -0.2) is 28.8 Å². The molecule has 22 heavy (non-hydrogen) atoms. The Morgan fingerprint density at radius 2 is 2.05 bits per heavy atom. The van der Waals surface area contributed by atoms with E-state index in [-0.39, 0.29) is 0 Å². The molecule has 0 spiro atoms. The fraction of sp³-hybridized carbons (Fsp3) is 0.389. The predicted molar refractivity (Wildman–Crippen MR) is 90.0 cm³/mol. The van der Waals surface area contributed by atoms with Crippen LogP contribution in [0.2, 0.25) is 0 Å². The minimum Gasteiger partial charge on any atom is -0.497 e. The van der Waals surface area contributed by atoms with E-state index in [1.54, 1.807) is 7.11 Å². The van der Waals surface area contributed by atoms with Crippen molar-refractivity contribution >= 4 is 0 Å². The molecular formula is C18H25N3O. The van der Waals surface area contributed by atoms with Gasteiger partial charge in [0, 0.05) is 23.8 Å². The molecule has 4 nitrogen and oxygen atoms in total. The Hall–Kier alpha value is -2.07. The first-order chi connectivity index (χ1) is 10.6. The molecule has 118 valence electrons. The molecule has 0 aliphatic heterocycles. The van der Waals surface area contributed by atoms with Crippen molar-refractivity contribution in [1.82, 2.24) is 14.7 Å². The molecule has 4 heteroatoms. The minimum atomic E-state index is 0.327. The van der Waals surface area contributed by atoms with Crippen molar-refractivity contribution in [2.24, 2.45) is 0 Å². The topological polar surface area (TPSA) is 30.3 Å². The van der Waals surface area contributed by atoms with E-state index in [9.17, 15) is 0 Å². The number of benzene rings is 1. The molecule has 2 rings (SSSR count). The Morgan fingerprint density at radius 1 is 1.36 bits per heavy atom. The van der Waals surface area contributed by atoms with Gasteiger partial charge in [-0.05, 0) is 38.6 Å². The third kappa shape index (κ3) is 3.57. The quantitative estimate of drug-likeness (QED) is 0.732. The van der Waals surface area contributed by atoms with Crippen LogP contribution in [0.25, 0.3) is 0 Å². The van der Waals surface area contributed by atoms with Gasteiger partial charge in [0.1, 0.15) is 5.75 Å². The second-order valence-electron chi connectivity index (χ2n) is 5.59. The van der Waals surface area contributed by atoms with Crippen LogP contribution in [-0.2, 0) is 13.1 Å². The highest BCUT2D eigenvalue weighted by atomic mass is 16.5. The second-order valence-corrected chi connectivity index (χ2v) is 5.59. The fourth-order valence-corrected chi connectivity index (χ4v) is 2.49. The summed E-state index contributed by atoms with van der Waals surface area (Å²) in [6, 6.07) is 8.58. The molecule has 0 bridgehead atoms. The maximum atomic E-state index is 5.21. The summed E-state index contributed by atoms with van der Waals surface area (Å²) in [6.45, 7) is 9.71. The molecule has 1 aromatic carbocycles. The molecule has 1 atom stereocenters. The van der Waals surface area contributed by atoms with Gasteiger partial charge in [0.25, 0.3) is 0 Å². The predicted octanol–water partition coefficient (Wildman–Crippen LogP) is 3.58. The normalized spacial score (nSPS) is 12.4. The lowest BCUT2D eigenvalue weighted by Crippen LogP contribution is -2.22. The fourth-order valence-electron chi connectivity index (χ4n) is 2.49. The van der Waals surface area contributed by atoms with E-state index in [0.29, 0.717) is 6.04 Å². The highest BCUT2D eigenvalue weighted by Crippen LogP contribution is 2.23. The van der Waals surface area contributed by atoms with Gasteiger partial charge >= 0.3 is 0 Å². The van der Waals surface area contributed by atoms with Gasteiger partial charge in [0.15, 0.2) is 0 Å². The van der Waals surface area contributed by atoms with Crippen LogP contribution >= 0.6 is 0 Å². The van der Waals surface area contributed by atoms with E-state index in [1.807, 2.05) is 29.1 Å². The molecule has 1 unspecified atom stereocenters. The zero-order valence-electron chi connectivity index (χ0n) is 13.9. The minimum absolute atomic E-state index is 0.327. The first kappa shape index (κ1) is 16.3. The lowest BCUT2D eigenvalue weighted by molar-refractivity contribution is 0.252. The summed E-state index contributed by atoms with van der Waals surface area (Å²) in [6.07, 6.45) is 3.82. The first-order valence-corrected chi connectivity index (χ1v) is 7.53. The Bertz CT molecular complexity index is 616. The maximum absolute atomic E-state index is 5.21. The molecule has 0 fully saturated rings. The van der Waals surface area contributed by atoms with Gasteiger partial charge < -0.3 is 4.74 Å². The Kier molecular flexibility index (Phi) is 5.39. The molecule has 0 aliphatic rings. The van der Waals surface area contributed by atoms with Crippen LogP contribution in [0.1, 0.15) is 29.8 Å².